The van der Waals surface area contributed by atoms with Gasteiger partial charge in [0.15, 0.2) is 11.0 Å². The zero-order valence-corrected chi connectivity index (χ0v) is 18.6. The van der Waals surface area contributed by atoms with Crippen molar-refractivity contribution in [1.82, 2.24) is 20.1 Å². The summed E-state index contributed by atoms with van der Waals surface area (Å²) >= 11 is 13.9. The quantitative estimate of drug-likeness (QED) is 0.567. The van der Waals surface area contributed by atoms with Crippen LogP contribution in [0.15, 0.2) is 23.4 Å². The standard InChI is InChI=1S/C20H26Cl2N4OS/c1-13(2)11-23-18(27)12-28-20-25-24-19(16-9-8-14(21)10-17(16)22)26(20)15-6-4-3-5-7-15/h8-10,13,15H,3-7,11-12H2,1-2H3,(H,23,27). The molecule has 3 rings (SSSR count). The molecule has 2 aromatic rings. The van der Waals surface area contributed by atoms with E-state index in [-0.39, 0.29) is 5.91 Å². The van der Waals surface area contributed by atoms with Gasteiger partial charge in [0.1, 0.15) is 0 Å². The molecule has 152 valence electrons. The number of aromatic nitrogens is 3. The maximum Gasteiger partial charge on any atom is 0.230 e. The van der Waals surface area contributed by atoms with Crippen LogP contribution in [-0.4, -0.2) is 33.0 Å². The van der Waals surface area contributed by atoms with Crippen LogP contribution in [0.2, 0.25) is 10.0 Å². The van der Waals surface area contributed by atoms with Crippen molar-refractivity contribution >= 4 is 40.9 Å². The molecule has 1 amide bonds. The first kappa shape index (κ1) is 21.5. The topological polar surface area (TPSA) is 59.8 Å². The minimum absolute atomic E-state index is 0.0166. The third-order valence-electron chi connectivity index (χ3n) is 4.82. The van der Waals surface area contributed by atoms with Crippen molar-refractivity contribution in [2.24, 2.45) is 5.92 Å². The number of nitrogens with zero attached hydrogens (tertiary/aromatic N) is 3. The van der Waals surface area contributed by atoms with E-state index in [1.165, 1.54) is 31.0 Å². The fourth-order valence-corrected chi connectivity index (χ4v) is 4.73. The lowest BCUT2D eigenvalue weighted by atomic mass is 9.95. The molecule has 0 atom stereocenters. The molecule has 1 aromatic heterocycles. The number of amides is 1. The monoisotopic (exact) mass is 440 g/mol. The fraction of sp³-hybridized carbons (Fsp3) is 0.550. The summed E-state index contributed by atoms with van der Waals surface area (Å²) in [6, 6.07) is 5.75. The molecular weight excluding hydrogens is 415 g/mol. The molecule has 0 saturated heterocycles. The largest absolute Gasteiger partial charge is 0.355 e. The van der Waals surface area contributed by atoms with Crippen LogP contribution in [-0.2, 0) is 4.79 Å². The molecule has 0 aliphatic heterocycles. The molecule has 1 aliphatic rings. The van der Waals surface area contributed by atoms with E-state index in [1.807, 2.05) is 12.1 Å². The predicted molar refractivity (Wildman–Crippen MR) is 116 cm³/mol. The second kappa shape index (κ2) is 9.99. The van der Waals surface area contributed by atoms with Gasteiger partial charge in [0.2, 0.25) is 5.91 Å². The second-order valence-corrected chi connectivity index (χ2v) is 9.36. The Kier molecular flexibility index (Phi) is 7.66. The molecule has 8 heteroatoms. The minimum atomic E-state index is 0.0166. The van der Waals surface area contributed by atoms with Crippen molar-refractivity contribution in [2.75, 3.05) is 12.3 Å². The molecule has 0 bridgehead atoms. The van der Waals surface area contributed by atoms with E-state index >= 15 is 0 Å². The summed E-state index contributed by atoms with van der Waals surface area (Å²) in [5.41, 5.74) is 0.820. The van der Waals surface area contributed by atoms with Gasteiger partial charge < -0.3 is 5.32 Å². The first-order chi connectivity index (χ1) is 13.5. The number of benzene rings is 1. The average Bonchev–Trinajstić information content (AvgIpc) is 3.09. The van der Waals surface area contributed by atoms with Crippen LogP contribution < -0.4 is 5.32 Å². The van der Waals surface area contributed by atoms with Gasteiger partial charge >= 0.3 is 0 Å². The third-order valence-corrected chi connectivity index (χ3v) is 6.31. The maximum atomic E-state index is 12.2. The van der Waals surface area contributed by atoms with Crippen molar-refractivity contribution in [3.63, 3.8) is 0 Å². The molecule has 1 heterocycles. The lowest BCUT2D eigenvalue weighted by molar-refractivity contribution is -0.118. The molecule has 1 aromatic carbocycles. The van der Waals surface area contributed by atoms with Crippen molar-refractivity contribution in [1.29, 1.82) is 0 Å². The van der Waals surface area contributed by atoms with Crippen LogP contribution in [0.3, 0.4) is 0 Å². The predicted octanol–water partition coefficient (Wildman–Crippen LogP) is 5.62. The normalized spacial score (nSPS) is 15.2. The third kappa shape index (κ3) is 5.43. The maximum absolute atomic E-state index is 12.2. The zero-order valence-electron chi connectivity index (χ0n) is 16.3. The molecule has 0 unspecified atom stereocenters. The molecule has 1 N–H and O–H groups in total. The van der Waals surface area contributed by atoms with E-state index in [4.69, 9.17) is 23.2 Å². The van der Waals surface area contributed by atoms with E-state index in [9.17, 15) is 4.79 Å². The van der Waals surface area contributed by atoms with Crippen molar-refractivity contribution in [3.8, 4) is 11.4 Å². The Hall–Kier alpha value is -1.24. The number of carbonyl (C=O) groups is 1. The summed E-state index contributed by atoms with van der Waals surface area (Å²) in [6.07, 6.45) is 5.81. The molecule has 1 fully saturated rings. The van der Waals surface area contributed by atoms with E-state index in [0.29, 0.717) is 34.3 Å². The summed E-state index contributed by atoms with van der Waals surface area (Å²) < 4.78 is 2.18. The number of halogens is 2. The summed E-state index contributed by atoms with van der Waals surface area (Å²) in [5, 5.41) is 13.7. The highest BCUT2D eigenvalue weighted by atomic mass is 35.5. The van der Waals surface area contributed by atoms with Gasteiger partial charge in [0.05, 0.1) is 10.8 Å². The van der Waals surface area contributed by atoms with E-state index in [0.717, 1.165) is 29.4 Å². The number of thioether (sulfide) groups is 1. The SMILES string of the molecule is CC(C)CNC(=O)CSc1nnc(-c2ccc(Cl)cc2Cl)n1C1CCCCC1. The van der Waals surface area contributed by atoms with Crippen LogP contribution in [0.5, 0.6) is 0 Å². The highest BCUT2D eigenvalue weighted by molar-refractivity contribution is 7.99. The highest BCUT2D eigenvalue weighted by Crippen LogP contribution is 2.38. The lowest BCUT2D eigenvalue weighted by Crippen LogP contribution is -2.29. The van der Waals surface area contributed by atoms with Crippen LogP contribution in [0.25, 0.3) is 11.4 Å². The lowest BCUT2D eigenvalue weighted by Gasteiger charge is -2.25. The number of nitrogens with one attached hydrogen (secondary N) is 1. The molecule has 5 nitrogen and oxygen atoms in total. The first-order valence-electron chi connectivity index (χ1n) is 9.75. The number of carbonyl (C=O) groups excluding carboxylic acids is 1. The van der Waals surface area contributed by atoms with E-state index in [2.05, 4.69) is 33.9 Å². The van der Waals surface area contributed by atoms with Gasteiger partial charge in [0.25, 0.3) is 0 Å². The first-order valence-corrected chi connectivity index (χ1v) is 11.5. The minimum Gasteiger partial charge on any atom is -0.355 e. The second-order valence-electron chi connectivity index (χ2n) is 7.58. The Labute approximate surface area is 180 Å². The van der Waals surface area contributed by atoms with Crippen LogP contribution in [0.4, 0.5) is 0 Å². The summed E-state index contributed by atoms with van der Waals surface area (Å²) in [7, 11) is 0. The highest BCUT2D eigenvalue weighted by Gasteiger charge is 2.25. The van der Waals surface area contributed by atoms with Crippen LogP contribution in [0.1, 0.15) is 52.0 Å². The Morgan fingerprint density at radius 2 is 2.00 bits per heavy atom. The van der Waals surface area contributed by atoms with E-state index in [1.54, 1.807) is 6.07 Å². The fourth-order valence-electron chi connectivity index (χ4n) is 3.40. The number of hydrogen-bond donors (Lipinski definition) is 1. The Morgan fingerprint density at radius 1 is 1.25 bits per heavy atom. The molecular formula is C20H26Cl2N4OS. The molecule has 0 radical (unpaired) electrons. The Bertz CT molecular complexity index is 819. The van der Waals surface area contributed by atoms with Crippen molar-refractivity contribution < 1.29 is 4.79 Å². The number of rotatable bonds is 7. The smallest absolute Gasteiger partial charge is 0.230 e. The summed E-state index contributed by atoms with van der Waals surface area (Å²) in [6.45, 7) is 4.84. The molecule has 1 aliphatic carbocycles. The van der Waals surface area contributed by atoms with Gasteiger partial charge in [-0.25, -0.2) is 0 Å². The van der Waals surface area contributed by atoms with Crippen LogP contribution >= 0.6 is 35.0 Å². The molecule has 0 spiro atoms. The van der Waals surface area contributed by atoms with Crippen molar-refractivity contribution in [2.45, 2.75) is 57.1 Å². The van der Waals surface area contributed by atoms with Gasteiger partial charge in [0, 0.05) is 23.2 Å². The number of hydrogen-bond acceptors (Lipinski definition) is 4. The molecule has 28 heavy (non-hydrogen) atoms. The summed E-state index contributed by atoms with van der Waals surface area (Å²) in [4.78, 5) is 12.2. The van der Waals surface area contributed by atoms with Crippen molar-refractivity contribution in [3.05, 3.63) is 28.2 Å². The Balaban J connectivity index is 1.85. The van der Waals surface area contributed by atoms with Gasteiger partial charge in [-0.15, -0.1) is 10.2 Å². The zero-order chi connectivity index (χ0) is 20.1. The van der Waals surface area contributed by atoms with Gasteiger partial charge in [-0.1, -0.05) is 68.1 Å². The van der Waals surface area contributed by atoms with Gasteiger partial charge in [-0.2, -0.15) is 0 Å². The average molecular weight is 441 g/mol. The molecule has 1 saturated carbocycles. The van der Waals surface area contributed by atoms with Gasteiger partial charge in [-0.05, 0) is 37.0 Å². The summed E-state index contributed by atoms with van der Waals surface area (Å²) in [5.74, 6) is 1.52. The van der Waals surface area contributed by atoms with E-state index < -0.39 is 0 Å². The Morgan fingerprint density at radius 3 is 2.68 bits per heavy atom. The van der Waals surface area contributed by atoms with Gasteiger partial charge in [-0.3, -0.25) is 9.36 Å². The van der Waals surface area contributed by atoms with Crippen LogP contribution in [0, 0.1) is 5.92 Å².